The Labute approximate surface area is 122 Å². The Kier molecular flexibility index (Phi) is 4.74. The van der Waals surface area contributed by atoms with Crippen molar-refractivity contribution in [1.82, 2.24) is 5.32 Å². The predicted molar refractivity (Wildman–Crippen MR) is 78.3 cm³/mol. The zero-order valence-electron chi connectivity index (χ0n) is 11.1. The molecular weight excluding hydrogens is 277 g/mol. The van der Waals surface area contributed by atoms with Crippen molar-refractivity contribution in [2.45, 2.75) is 19.3 Å². The molecule has 0 saturated heterocycles. The summed E-state index contributed by atoms with van der Waals surface area (Å²) < 4.78 is 13.4. The molecule has 4 heteroatoms. The van der Waals surface area contributed by atoms with Gasteiger partial charge in [-0.15, -0.1) is 11.6 Å². The van der Waals surface area contributed by atoms with Crippen LogP contribution in [0.1, 0.15) is 27.0 Å². The number of carbonyl (C=O) groups excluding carboxylic acids is 1. The van der Waals surface area contributed by atoms with Gasteiger partial charge in [0.1, 0.15) is 5.82 Å². The molecule has 0 fully saturated rings. The smallest absolute Gasteiger partial charge is 0.251 e. The Balaban J connectivity index is 2.02. The first-order valence-electron chi connectivity index (χ1n) is 6.28. The lowest BCUT2D eigenvalue weighted by molar-refractivity contribution is 0.0951. The Morgan fingerprint density at radius 3 is 2.70 bits per heavy atom. The number of alkyl halides is 1. The Morgan fingerprint density at radius 1 is 1.20 bits per heavy atom. The number of rotatable bonds is 4. The maximum atomic E-state index is 13.4. The number of benzene rings is 2. The fourth-order valence-corrected chi connectivity index (χ4v) is 1.99. The van der Waals surface area contributed by atoms with Gasteiger partial charge in [0.2, 0.25) is 0 Å². The Bertz CT molecular complexity index is 628. The molecule has 0 aliphatic carbocycles. The molecule has 0 aromatic heterocycles. The number of amides is 1. The average molecular weight is 292 g/mol. The average Bonchev–Trinajstić information content (AvgIpc) is 2.48. The summed E-state index contributed by atoms with van der Waals surface area (Å²) in [5, 5.41) is 2.76. The largest absolute Gasteiger partial charge is 0.348 e. The van der Waals surface area contributed by atoms with Gasteiger partial charge in [-0.1, -0.05) is 24.3 Å². The first-order valence-corrected chi connectivity index (χ1v) is 6.81. The molecular formula is C16H15ClFNO. The van der Waals surface area contributed by atoms with Crippen LogP contribution in [0, 0.1) is 12.7 Å². The highest BCUT2D eigenvalue weighted by Crippen LogP contribution is 2.10. The second-order valence-corrected chi connectivity index (χ2v) is 4.87. The number of hydrogen-bond donors (Lipinski definition) is 1. The van der Waals surface area contributed by atoms with Crippen LogP contribution in [0.25, 0.3) is 0 Å². The molecule has 1 N–H and O–H groups in total. The summed E-state index contributed by atoms with van der Waals surface area (Å²) in [7, 11) is 0. The van der Waals surface area contributed by atoms with Crippen LogP contribution < -0.4 is 5.32 Å². The molecule has 0 atom stereocenters. The number of nitrogens with one attached hydrogen (secondary N) is 1. The third-order valence-corrected chi connectivity index (χ3v) is 3.34. The van der Waals surface area contributed by atoms with Crippen molar-refractivity contribution in [3.63, 3.8) is 0 Å². The highest BCUT2D eigenvalue weighted by atomic mass is 35.5. The molecule has 1 amide bonds. The summed E-state index contributed by atoms with van der Waals surface area (Å²) in [6, 6.07) is 12.1. The minimum Gasteiger partial charge on any atom is -0.348 e. The summed E-state index contributed by atoms with van der Waals surface area (Å²) in [5.74, 6) is -0.0940. The molecule has 0 bridgehead atoms. The topological polar surface area (TPSA) is 29.1 Å². The minimum absolute atomic E-state index is 0.196. The second kappa shape index (κ2) is 6.53. The molecule has 104 valence electrons. The van der Waals surface area contributed by atoms with E-state index in [2.05, 4.69) is 5.32 Å². The summed E-state index contributed by atoms with van der Waals surface area (Å²) >= 11 is 5.74. The number of aryl methyl sites for hydroxylation is 1. The van der Waals surface area contributed by atoms with E-state index in [0.717, 1.165) is 11.1 Å². The van der Waals surface area contributed by atoms with E-state index < -0.39 is 0 Å². The van der Waals surface area contributed by atoms with Crippen LogP contribution in [0.5, 0.6) is 0 Å². The van der Waals surface area contributed by atoms with Gasteiger partial charge in [0, 0.05) is 18.0 Å². The third-order valence-electron chi connectivity index (χ3n) is 3.03. The fourth-order valence-electron chi connectivity index (χ4n) is 1.83. The van der Waals surface area contributed by atoms with Gasteiger partial charge in [0.25, 0.3) is 5.91 Å². The van der Waals surface area contributed by atoms with Crippen LogP contribution >= 0.6 is 11.6 Å². The van der Waals surface area contributed by atoms with Crippen molar-refractivity contribution in [1.29, 1.82) is 0 Å². The highest BCUT2D eigenvalue weighted by molar-refractivity contribution is 6.17. The lowest BCUT2D eigenvalue weighted by Gasteiger charge is -2.07. The van der Waals surface area contributed by atoms with E-state index in [1.54, 1.807) is 37.3 Å². The van der Waals surface area contributed by atoms with E-state index in [0.29, 0.717) is 23.6 Å². The highest BCUT2D eigenvalue weighted by Gasteiger charge is 2.06. The van der Waals surface area contributed by atoms with E-state index in [1.807, 2.05) is 6.07 Å². The van der Waals surface area contributed by atoms with Gasteiger partial charge in [0.15, 0.2) is 0 Å². The van der Waals surface area contributed by atoms with Gasteiger partial charge in [-0.05, 0) is 41.8 Å². The first kappa shape index (κ1) is 14.5. The van der Waals surface area contributed by atoms with Gasteiger partial charge in [-0.2, -0.15) is 0 Å². The van der Waals surface area contributed by atoms with Gasteiger partial charge < -0.3 is 5.32 Å². The fraction of sp³-hybridized carbons (Fsp3) is 0.188. The standard InChI is InChI=1S/C16H15ClFNO/c1-11-5-6-13(8-15(11)18)10-19-16(20)14-4-2-3-12(7-14)9-17/h2-8H,9-10H2,1H3,(H,19,20). The van der Waals surface area contributed by atoms with Gasteiger partial charge in [-0.25, -0.2) is 4.39 Å². The van der Waals surface area contributed by atoms with Crippen molar-refractivity contribution >= 4 is 17.5 Å². The molecule has 0 aliphatic rings. The van der Waals surface area contributed by atoms with E-state index >= 15 is 0 Å². The molecule has 0 aliphatic heterocycles. The third kappa shape index (κ3) is 3.58. The van der Waals surface area contributed by atoms with Gasteiger partial charge in [-0.3, -0.25) is 4.79 Å². The zero-order chi connectivity index (χ0) is 14.5. The Hall–Kier alpha value is -1.87. The van der Waals surface area contributed by atoms with E-state index in [1.165, 1.54) is 6.07 Å². The normalized spacial score (nSPS) is 10.3. The van der Waals surface area contributed by atoms with Crippen LogP contribution in [0.15, 0.2) is 42.5 Å². The molecule has 0 spiro atoms. The van der Waals surface area contributed by atoms with Crippen LogP contribution in [-0.4, -0.2) is 5.91 Å². The molecule has 2 aromatic rings. The first-order chi connectivity index (χ1) is 9.60. The van der Waals surface area contributed by atoms with Crippen LogP contribution in [0.3, 0.4) is 0 Å². The predicted octanol–water partition coefficient (Wildman–Crippen LogP) is 3.80. The number of carbonyl (C=O) groups is 1. The monoisotopic (exact) mass is 291 g/mol. The quantitative estimate of drug-likeness (QED) is 0.853. The molecule has 0 saturated carbocycles. The lowest BCUT2D eigenvalue weighted by Crippen LogP contribution is -2.22. The maximum absolute atomic E-state index is 13.4. The van der Waals surface area contributed by atoms with Crippen molar-refractivity contribution < 1.29 is 9.18 Å². The number of halogens is 2. The van der Waals surface area contributed by atoms with Gasteiger partial charge in [0.05, 0.1) is 0 Å². The summed E-state index contributed by atoms with van der Waals surface area (Å²) in [6.45, 7) is 2.00. The molecule has 0 heterocycles. The summed E-state index contributed by atoms with van der Waals surface area (Å²) in [6.07, 6.45) is 0. The maximum Gasteiger partial charge on any atom is 0.251 e. The van der Waals surface area contributed by atoms with Crippen molar-refractivity contribution in [2.24, 2.45) is 0 Å². The SMILES string of the molecule is Cc1ccc(CNC(=O)c2cccc(CCl)c2)cc1F. The summed E-state index contributed by atoms with van der Waals surface area (Å²) in [5.41, 5.74) is 2.77. The van der Waals surface area contributed by atoms with E-state index in [4.69, 9.17) is 11.6 Å². The molecule has 2 rings (SSSR count). The molecule has 0 unspecified atom stereocenters. The van der Waals surface area contributed by atoms with Gasteiger partial charge >= 0.3 is 0 Å². The van der Waals surface area contributed by atoms with E-state index in [9.17, 15) is 9.18 Å². The number of hydrogen-bond acceptors (Lipinski definition) is 1. The van der Waals surface area contributed by atoms with Crippen LogP contribution in [-0.2, 0) is 12.4 Å². The molecule has 0 radical (unpaired) electrons. The van der Waals surface area contributed by atoms with Crippen molar-refractivity contribution in [3.05, 3.63) is 70.5 Å². The van der Waals surface area contributed by atoms with Crippen LogP contribution in [0.4, 0.5) is 4.39 Å². The lowest BCUT2D eigenvalue weighted by atomic mass is 10.1. The van der Waals surface area contributed by atoms with Crippen molar-refractivity contribution in [3.8, 4) is 0 Å². The summed E-state index contributed by atoms with van der Waals surface area (Å²) in [4.78, 5) is 12.0. The second-order valence-electron chi connectivity index (χ2n) is 4.60. The van der Waals surface area contributed by atoms with Crippen LogP contribution in [0.2, 0.25) is 0 Å². The zero-order valence-corrected chi connectivity index (χ0v) is 11.9. The molecule has 2 nitrogen and oxygen atoms in total. The molecule has 20 heavy (non-hydrogen) atoms. The van der Waals surface area contributed by atoms with Crippen molar-refractivity contribution in [2.75, 3.05) is 0 Å². The molecule has 2 aromatic carbocycles. The minimum atomic E-state index is -0.263. The van der Waals surface area contributed by atoms with E-state index in [-0.39, 0.29) is 11.7 Å². The Morgan fingerprint density at radius 2 is 2.00 bits per heavy atom.